The molecule has 0 bridgehead atoms. The summed E-state index contributed by atoms with van der Waals surface area (Å²) in [4.78, 5) is 0. The van der Waals surface area contributed by atoms with E-state index < -0.39 is 0 Å². The van der Waals surface area contributed by atoms with Gasteiger partial charge < -0.3 is 5.11 Å². The van der Waals surface area contributed by atoms with E-state index in [-0.39, 0.29) is 6.61 Å². The molecule has 0 atom stereocenters. The van der Waals surface area contributed by atoms with E-state index in [2.05, 4.69) is 5.92 Å². The van der Waals surface area contributed by atoms with Crippen LogP contribution in [0.3, 0.4) is 0 Å². The minimum Gasteiger partial charge on any atom is -0.392 e. The lowest BCUT2D eigenvalue weighted by Crippen LogP contribution is -1.68. The number of terminal acetylenes is 1. The Morgan fingerprint density at radius 3 is 2.60 bits per heavy atom. The molecule has 0 aromatic heterocycles. The molecule has 54 valence electrons. The van der Waals surface area contributed by atoms with Crippen molar-refractivity contribution in [1.82, 2.24) is 0 Å². The molecule has 0 aliphatic rings. The van der Waals surface area contributed by atoms with Gasteiger partial charge in [0, 0.05) is 6.42 Å². The number of hydrogen-bond acceptors (Lipinski definition) is 1. The molecular formula is C9H12O. The molecule has 0 rings (SSSR count). The molecule has 1 heteroatoms. The molecule has 0 radical (unpaired) electrons. The van der Waals surface area contributed by atoms with Crippen LogP contribution in [0.1, 0.15) is 12.8 Å². The van der Waals surface area contributed by atoms with Crippen molar-refractivity contribution in [3.8, 4) is 12.3 Å². The number of aliphatic hydroxyl groups excluding tert-OH is 1. The van der Waals surface area contributed by atoms with Gasteiger partial charge in [-0.25, -0.2) is 0 Å². The Balaban J connectivity index is 3.22. The number of allylic oxidation sites excluding steroid dienone is 3. The monoisotopic (exact) mass is 136 g/mol. The van der Waals surface area contributed by atoms with E-state index in [0.29, 0.717) is 0 Å². The molecule has 0 unspecified atom stereocenters. The number of hydrogen-bond donors (Lipinski definition) is 1. The molecule has 0 saturated carbocycles. The molecular weight excluding hydrogens is 124 g/mol. The first-order valence-electron chi connectivity index (χ1n) is 3.27. The fourth-order valence-electron chi connectivity index (χ4n) is 0.481. The van der Waals surface area contributed by atoms with Gasteiger partial charge >= 0.3 is 0 Å². The first-order valence-corrected chi connectivity index (χ1v) is 3.27. The lowest BCUT2D eigenvalue weighted by molar-refractivity contribution is 0.343. The Morgan fingerprint density at radius 1 is 1.30 bits per heavy atom. The molecule has 1 nitrogen and oxygen atoms in total. The van der Waals surface area contributed by atoms with Crippen molar-refractivity contribution in [3.63, 3.8) is 0 Å². The van der Waals surface area contributed by atoms with E-state index in [1.807, 2.05) is 12.2 Å². The molecule has 0 amide bonds. The van der Waals surface area contributed by atoms with Crippen LogP contribution in [0.25, 0.3) is 0 Å². The maximum absolute atomic E-state index is 8.32. The zero-order valence-corrected chi connectivity index (χ0v) is 5.96. The Kier molecular flexibility index (Phi) is 7.20. The summed E-state index contributed by atoms with van der Waals surface area (Å²) in [5, 5.41) is 8.32. The topological polar surface area (TPSA) is 20.2 Å². The first-order chi connectivity index (χ1) is 4.91. The van der Waals surface area contributed by atoms with Crippen LogP contribution in [0.4, 0.5) is 0 Å². The second kappa shape index (κ2) is 8.00. The average molecular weight is 136 g/mol. The lowest BCUT2D eigenvalue weighted by Gasteiger charge is -1.79. The minimum absolute atomic E-state index is 0.0967. The van der Waals surface area contributed by atoms with Crippen LogP contribution in [0.2, 0.25) is 0 Å². The van der Waals surface area contributed by atoms with Gasteiger partial charge in [0.15, 0.2) is 0 Å². The average Bonchev–Trinajstić information content (AvgIpc) is 1.97. The Hall–Kier alpha value is -1.00. The highest BCUT2D eigenvalue weighted by Crippen LogP contribution is 1.88. The van der Waals surface area contributed by atoms with Gasteiger partial charge in [-0.1, -0.05) is 24.3 Å². The van der Waals surface area contributed by atoms with Crippen LogP contribution in [-0.4, -0.2) is 11.7 Å². The molecule has 0 saturated heterocycles. The van der Waals surface area contributed by atoms with Crippen molar-refractivity contribution in [3.05, 3.63) is 24.3 Å². The predicted molar refractivity (Wildman–Crippen MR) is 43.4 cm³/mol. The predicted octanol–water partition coefficient (Wildman–Crippen LogP) is 1.50. The van der Waals surface area contributed by atoms with Gasteiger partial charge in [-0.15, -0.1) is 12.3 Å². The largest absolute Gasteiger partial charge is 0.392 e. The molecule has 1 N–H and O–H groups in total. The van der Waals surface area contributed by atoms with Crippen LogP contribution in [0.15, 0.2) is 24.3 Å². The van der Waals surface area contributed by atoms with Crippen LogP contribution in [0, 0.1) is 12.3 Å². The number of rotatable bonds is 4. The van der Waals surface area contributed by atoms with E-state index in [4.69, 9.17) is 11.5 Å². The van der Waals surface area contributed by atoms with Crippen LogP contribution in [0.5, 0.6) is 0 Å². The molecule has 0 aliphatic carbocycles. The number of aliphatic hydroxyl groups is 1. The van der Waals surface area contributed by atoms with Crippen molar-refractivity contribution in [2.45, 2.75) is 12.8 Å². The van der Waals surface area contributed by atoms with Crippen LogP contribution in [-0.2, 0) is 0 Å². The molecule has 0 aliphatic heterocycles. The van der Waals surface area contributed by atoms with Gasteiger partial charge in [-0.3, -0.25) is 0 Å². The summed E-state index contributed by atoms with van der Waals surface area (Å²) < 4.78 is 0. The van der Waals surface area contributed by atoms with E-state index >= 15 is 0 Å². The standard InChI is InChI=1S/C9H12O/c1-2-3-4-5-6-7-8-9-10/h1,5-8,10H,3-4,9H2/b6-5+,8-7+. The molecule has 0 fully saturated rings. The SMILES string of the molecule is C#CCC/C=C/C=C/CO. The van der Waals surface area contributed by atoms with Crippen molar-refractivity contribution < 1.29 is 5.11 Å². The van der Waals surface area contributed by atoms with Crippen LogP contribution >= 0.6 is 0 Å². The smallest absolute Gasteiger partial charge is 0.0615 e. The fourth-order valence-corrected chi connectivity index (χ4v) is 0.481. The Bertz CT molecular complexity index is 149. The van der Waals surface area contributed by atoms with Gasteiger partial charge in [0.2, 0.25) is 0 Å². The lowest BCUT2D eigenvalue weighted by atomic mass is 10.3. The normalized spacial score (nSPS) is 10.8. The molecule has 0 aromatic carbocycles. The third-order valence-electron chi connectivity index (χ3n) is 0.944. The molecule has 0 heterocycles. The third kappa shape index (κ3) is 7.00. The highest BCUT2D eigenvalue weighted by atomic mass is 16.2. The van der Waals surface area contributed by atoms with E-state index in [9.17, 15) is 0 Å². The van der Waals surface area contributed by atoms with Crippen LogP contribution < -0.4 is 0 Å². The summed E-state index contributed by atoms with van der Waals surface area (Å²) in [6, 6.07) is 0. The minimum atomic E-state index is 0.0967. The van der Waals surface area contributed by atoms with Crippen molar-refractivity contribution in [1.29, 1.82) is 0 Å². The van der Waals surface area contributed by atoms with Crippen molar-refractivity contribution in [2.24, 2.45) is 0 Å². The summed E-state index contributed by atoms with van der Waals surface area (Å²) in [6.07, 6.45) is 14.1. The highest BCUT2D eigenvalue weighted by molar-refractivity contribution is 5.03. The number of unbranched alkanes of at least 4 members (excludes halogenated alkanes) is 1. The quantitative estimate of drug-likeness (QED) is 0.353. The maximum atomic E-state index is 8.32. The van der Waals surface area contributed by atoms with Gasteiger partial charge in [0.05, 0.1) is 6.61 Å². The molecule has 0 spiro atoms. The van der Waals surface area contributed by atoms with Gasteiger partial charge in [-0.2, -0.15) is 0 Å². The first kappa shape index (κ1) is 9.00. The van der Waals surface area contributed by atoms with E-state index in [0.717, 1.165) is 12.8 Å². The summed E-state index contributed by atoms with van der Waals surface area (Å²) in [7, 11) is 0. The van der Waals surface area contributed by atoms with Crippen molar-refractivity contribution >= 4 is 0 Å². The zero-order chi connectivity index (χ0) is 7.66. The Morgan fingerprint density at radius 2 is 2.00 bits per heavy atom. The second-order valence-electron chi connectivity index (χ2n) is 1.78. The summed E-state index contributed by atoms with van der Waals surface area (Å²) in [5.74, 6) is 2.53. The second-order valence-corrected chi connectivity index (χ2v) is 1.78. The van der Waals surface area contributed by atoms with Crippen molar-refractivity contribution in [2.75, 3.05) is 6.61 Å². The summed E-state index contributed by atoms with van der Waals surface area (Å²) in [5.41, 5.74) is 0. The third-order valence-corrected chi connectivity index (χ3v) is 0.944. The van der Waals surface area contributed by atoms with Gasteiger partial charge in [0.1, 0.15) is 0 Å². The fraction of sp³-hybridized carbons (Fsp3) is 0.333. The van der Waals surface area contributed by atoms with Gasteiger partial charge in [-0.05, 0) is 6.42 Å². The molecule has 0 aromatic rings. The summed E-state index contributed by atoms with van der Waals surface area (Å²) >= 11 is 0. The molecule has 10 heavy (non-hydrogen) atoms. The van der Waals surface area contributed by atoms with Gasteiger partial charge in [0.25, 0.3) is 0 Å². The zero-order valence-electron chi connectivity index (χ0n) is 5.96. The Labute approximate surface area is 62.1 Å². The maximum Gasteiger partial charge on any atom is 0.0615 e. The highest BCUT2D eigenvalue weighted by Gasteiger charge is 1.71. The summed E-state index contributed by atoms with van der Waals surface area (Å²) in [6.45, 7) is 0.0967. The van der Waals surface area contributed by atoms with E-state index in [1.165, 1.54) is 0 Å². The van der Waals surface area contributed by atoms with E-state index in [1.54, 1.807) is 12.2 Å².